The first kappa shape index (κ1) is 12.0. The zero-order valence-corrected chi connectivity index (χ0v) is 9.92. The average Bonchev–Trinajstić information content (AvgIpc) is 2.35. The molecule has 1 fully saturated rings. The summed E-state index contributed by atoms with van der Waals surface area (Å²) in [6.07, 6.45) is 1.86. The van der Waals surface area contributed by atoms with Crippen molar-refractivity contribution in [1.82, 2.24) is 5.32 Å². The molecule has 1 saturated heterocycles. The van der Waals surface area contributed by atoms with Gasteiger partial charge in [0.25, 0.3) is 0 Å². The van der Waals surface area contributed by atoms with Crippen molar-refractivity contribution in [2.75, 3.05) is 18.4 Å². The second-order valence-corrected chi connectivity index (χ2v) is 4.46. The molecule has 2 rings (SSSR count). The van der Waals surface area contributed by atoms with Gasteiger partial charge in [0.2, 0.25) is 5.91 Å². The van der Waals surface area contributed by atoms with Crippen molar-refractivity contribution in [2.45, 2.75) is 19.8 Å². The van der Waals surface area contributed by atoms with E-state index in [9.17, 15) is 9.18 Å². The molecule has 3 nitrogen and oxygen atoms in total. The lowest BCUT2D eigenvalue weighted by Crippen LogP contribution is -2.37. The fourth-order valence-electron chi connectivity index (χ4n) is 2.09. The Bertz CT molecular complexity index is 394. The molecular formula is C13H17FN2O. The smallest absolute Gasteiger partial charge is 0.228 e. The van der Waals surface area contributed by atoms with Gasteiger partial charge in [0.1, 0.15) is 5.82 Å². The monoisotopic (exact) mass is 236 g/mol. The summed E-state index contributed by atoms with van der Waals surface area (Å²) >= 11 is 0. The van der Waals surface area contributed by atoms with Crippen LogP contribution in [-0.4, -0.2) is 19.0 Å². The summed E-state index contributed by atoms with van der Waals surface area (Å²) < 4.78 is 13.5. The van der Waals surface area contributed by atoms with E-state index in [1.807, 2.05) is 0 Å². The Morgan fingerprint density at radius 1 is 1.53 bits per heavy atom. The molecule has 1 aromatic carbocycles. The van der Waals surface area contributed by atoms with E-state index in [2.05, 4.69) is 10.6 Å². The zero-order valence-electron chi connectivity index (χ0n) is 9.92. The minimum absolute atomic E-state index is 0.0530. The molecule has 4 heteroatoms. The number of nitrogens with one attached hydrogen (secondary N) is 2. The maximum atomic E-state index is 13.5. The van der Waals surface area contributed by atoms with Gasteiger partial charge in [-0.05, 0) is 37.9 Å². The lowest BCUT2D eigenvalue weighted by molar-refractivity contribution is -0.120. The van der Waals surface area contributed by atoms with Gasteiger partial charge in [0, 0.05) is 6.54 Å². The molecule has 17 heavy (non-hydrogen) atoms. The van der Waals surface area contributed by atoms with Gasteiger partial charge in [-0.1, -0.05) is 12.1 Å². The van der Waals surface area contributed by atoms with E-state index < -0.39 is 0 Å². The van der Waals surface area contributed by atoms with Crippen LogP contribution in [0.5, 0.6) is 0 Å². The lowest BCUT2D eigenvalue weighted by Gasteiger charge is -2.22. The molecule has 1 aliphatic rings. The molecule has 2 N–H and O–H groups in total. The van der Waals surface area contributed by atoms with Crippen LogP contribution in [0, 0.1) is 18.7 Å². The molecule has 1 amide bonds. The van der Waals surface area contributed by atoms with Crippen LogP contribution in [0.15, 0.2) is 18.2 Å². The van der Waals surface area contributed by atoms with Crippen molar-refractivity contribution in [2.24, 2.45) is 5.92 Å². The average molecular weight is 236 g/mol. The number of piperidine rings is 1. The number of rotatable bonds is 2. The predicted molar refractivity (Wildman–Crippen MR) is 65.4 cm³/mol. The van der Waals surface area contributed by atoms with Gasteiger partial charge < -0.3 is 10.6 Å². The lowest BCUT2D eigenvalue weighted by atomic mass is 9.98. The molecule has 1 heterocycles. The molecule has 0 saturated carbocycles. The van der Waals surface area contributed by atoms with E-state index >= 15 is 0 Å². The quantitative estimate of drug-likeness (QED) is 0.825. The van der Waals surface area contributed by atoms with Crippen LogP contribution in [0.4, 0.5) is 10.1 Å². The third-order valence-corrected chi connectivity index (χ3v) is 3.14. The van der Waals surface area contributed by atoms with Crippen molar-refractivity contribution in [3.8, 4) is 0 Å². The first-order chi connectivity index (χ1) is 8.18. The SMILES string of the molecule is Cc1cccc(F)c1NC(=O)[C@@H]1CCCNC1. The molecule has 92 valence electrons. The second-order valence-electron chi connectivity index (χ2n) is 4.46. The summed E-state index contributed by atoms with van der Waals surface area (Å²) in [4.78, 5) is 12.0. The van der Waals surface area contributed by atoms with Crippen LogP contribution in [0.2, 0.25) is 0 Å². The van der Waals surface area contributed by atoms with E-state index in [0.717, 1.165) is 24.9 Å². The Hall–Kier alpha value is -1.42. The molecule has 0 bridgehead atoms. The molecule has 1 aliphatic heterocycles. The van der Waals surface area contributed by atoms with Crippen molar-refractivity contribution >= 4 is 11.6 Å². The van der Waals surface area contributed by atoms with E-state index in [-0.39, 0.29) is 17.6 Å². The van der Waals surface area contributed by atoms with Crippen LogP contribution in [0.25, 0.3) is 0 Å². The highest BCUT2D eigenvalue weighted by atomic mass is 19.1. The van der Waals surface area contributed by atoms with Crippen molar-refractivity contribution in [3.05, 3.63) is 29.6 Å². The third-order valence-electron chi connectivity index (χ3n) is 3.14. The summed E-state index contributed by atoms with van der Waals surface area (Å²) in [5.74, 6) is -0.518. The van der Waals surface area contributed by atoms with E-state index in [4.69, 9.17) is 0 Å². The van der Waals surface area contributed by atoms with Crippen LogP contribution >= 0.6 is 0 Å². The number of anilines is 1. The van der Waals surface area contributed by atoms with Gasteiger partial charge in [0.05, 0.1) is 11.6 Å². The number of carbonyl (C=O) groups is 1. The fourth-order valence-corrected chi connectivity index (χ4v) is 2.09. The molecule has 0 radical (unpaired) electrons. The molecule has 0 aromatic heterocycles. The standard InChI is InChI=1S/C13H17FN2O/c1-9-4-2-6-11(14)12(9)16-13(17)10-5-3-7-15-8-10/h2,4,6,10,15H,3,5,7-8H2,1H3,(H,16,17)/t10-/m1/s1. The van der Waals surface area contributed by atoms with Gasteiger partial charge in [-0.25, -0.2) is 4.39 Å². The normalized spacial score (nSPS) is 20.0. The zero-order chi connectivity index (χ0) is 12.3. The minimum Gasteiger partial charge on any atom is -0.323 e. The first-order valence-electron chi connectivity index (χ1n) is 5.95. The van der Waals surface area contributed by atoms with E-state index in [1.165, 1.54) is 6.07 Å². The Labute approximate surface area is 100 Å². The van der Waals surface area contributed by atoms with Crippen LogP contribution in [0.1, 0.15) is 18.4 Å². The molecule has 1 aromatic rings. The van der Waals surface area contributed by atoms with Crippen molar-refractivity contribution in [1.29, 1.82) is 0 Å². The number of hydrogen-bond donors (Lipinski definition) is 2. The van der Waals surface area contributed by atoms with Crippen LogP contribution < -0.4 is 10.6 Å². The maximum Gasteiger partial charge on any atom is 0.228 e. The number of para-hydroxylation sites is 1. The Morgan fingerprint density at radius 3 is 3.00 bits per heavy atom. The topological polar surface area (TPSA) is 41.1 Å². The Balaban J connectivity index is 2.07. The highest BCUT2D eigenvalue weighted by molar-refractivity contribution is 5.93. The molecule has 0 aliphatic carbocycles. The maximum absolute atomic E-state index is 13.5. The highest BCUT2D eigenvalue weighted by Gasteiger charge is 2.22. The second kappa shape index (κ2) is 5.27. The molecule has 0 spiro atoms. The Morgan fingerprint density at radius 2 is 2.35 bits per heavy atom. The fraction of sp³-hybridized carbons (Fsp3) is 0.462. The minimum atomic E-state index is -0.373. The molecular weight excluding hydrogens is 219 g/mol. The van der Waals surface area contributed by atoms with Gasteiger partial charge in [0.15, 0.2) is 0 Å². The summed E-state index contributed by atoms with van der Waals surface area (Å²) in [5, 5.41) is 5.87. The van der Waals surface area contributed by atoms with Crippen LogP contribution in [-0.2, 0) is 4.79 Å². The highest BCUT2D eigenvalue weighted by Crippen LogP contribution is 2.20. The van der Waals surface area contributed by atoms with Gasteiger partial charge >= 0.3 is 0 Å². The summed E-state index contributed by atoms with van der Waals surface area (Å²) in [5.41, 5.74) is 1.06. The van der Waals surface area contributed by atoms with E-state index in [1.54, 1.807) is 19.1 Å². The molecule has 0 unspecified atom stereocenters. The summed E-state index contributed by atoms with van der Waals surface area (Å²) in [6.45, 7) is 3.43. The number of hydrogen-bond acceptors (Lipinski definition) is 2. The third kappa shape index (κ3) is 2.82. The number of carbonyl (C=O) groups excluding carboxylic acids is 1. The summed E-state index contributed by atoms with van der Waals surface area (Å²) in [7, 11) is 0. The largest absolute Gasteiger partial charge is 0.323 e. The number of benzene rings is 1. The molecule has 1 atom stereocenters. The van der Waals surface area contributed by atoms with Gasteiger partial charge in [-0.15, -0.1) is 0 Å². The number of aryl methyl sites for hydroxylation is 1. The number of amides is 1. The van der Waals surface area contributed by atoms with Crippen LogP contribution in [0.3, 0.4) is 0 Å². The number of halogens is 1. The Kier molecular flexibility index (Phi) is 3.74. The summed E-state index contributed by atoms with van der Waals surface area (Å²) in [6, 6.07) is 4.79. The van der Waals surface area contributed by atoms with Gasteiger partial charge in [-0.3, -0.25) is 4.79 Å². The van der Waals surface area contributed by atoms with Crippen molar-refractivity contribution in [3.63, 3.8) is 0 Å². The van der Waals surface area contributed by atoms with Crippen molar-refractivity contribution < 1.29 is 9.18 Å². The predicted octanol–water partition coefficient (Wildman–Crippen LogP) is 2.07. The van der Waals surface area contributed by atoms with Gasteiger partial charge in [-0.2, -0.15) is 0 Å². The van der Waals surface area contributed by atoms with E-state index in [0.29, 0.717) is 12.2 Å². The first-order valence-corrected chi connectivity index (χ1v) is 5.95.